The topological polar surface area (TPSA) is 61.2 Å². The Morgan fingerprint density at radius 1 is 1.07 bits per heavy atom. The highest BCUT2D eigenvalue weighted by atomic mass is 16.5. The van der Waals surface area contributed by atoms with Gasteiger partial charge in [-0.2, -0.15) is 4.98 Å². The second kappa shape index (κ2) is 7.56. The highest BCUT2D eigenvalue weighted by Crippen LogP contribution is 2.30. The lowest BCUT2D eigenvalue weighted by Crippen LogP contribution is -2.18. The summed E-state index contributed by atoms with van der Waals surface area (Å²) in [6.07, 6.45) is 0.770. The minimum atomic E-state index is 0.524. The molecule has 0 atom stereocenters. The average Bonchev–Trinajstić information content (AvgIpc) is 3.16. The van der Waals surface area contributed by atoms with E-state index in [0.29, 0.717) is 31.6 Å². The van der Waals surface area contributed by atoms with E-state index in [1.54, 1.807) is 7.11 Å². The Hall–Kier alpha value is -3.38. The fourth-order valence-corrected chi connectivity index (χ4v) is 3.73. The molecule has 0 fully saturated rings. The smallest absolute Gasteiger partial charge is 0.239 e. The number of nitrogens with zero attached hydrogens (tertiary/aromatic N) is 3. The molecule has 2 aromatic heterocycles. The van der Waals surface area contributed by atoms with Crippen molar-refractivity contribution in [2.24, 2.45) is 0 Å². The first-order valence-corrected chi connectivity index (χ1v) is 9.73. The molecular formula is C23H22N4O2. The monoisotopic (exact) mass is 386 g/mol. The number of benzene rings is 2. The van der Waals surface area contributed by atoms with Crippen LogP contribution in [0.1, 0.15) is 16.8 Å². The summed E-state index contributed by atoms with van der Waals surface area (Å²) in [5.74, 6) is 2.14. The molecule has 146 valence electrons. The summed E-state index contributed by atoms with van der Waals surface area (Å²) in [6, 6.07) is 20.5. The van der Waals surface area contributed by atoms with E-state index < -0.39 is 0 Å². The number of anilines is 1. The number of methoxy groups -OCH3 is 1. The van der Waals surface area contributed by atoms with Gasteiger partial charge in [0.25, 0.3) is 0 Å². The number of ether oxygens (including phenoxy) is 2. The number of para-hydroxylation sites is 1. The number of fused-ring (bicyclic) bond motifs is 2. The molecule has 0 aliphatic carbocycles. The maximum absolute atomic E-state index is 5.68. The van der Waals surface area contributed by atoms with Gasteiger partial charge < -0.3 is 14.8 Å². The molecular weight excluding hydrogens is 364 g/mol. The number of aromatic nitrogens is 3. The Balaban J connectivity index is 1.61. The first kappa shape index (κ1) is 17.7. The van der Waals surface area contributed by atoms with Crippen molar-refractivity contribution >= 4 is 16.7 Å². The van der Waals surface area contributed by atoms with Crippen LogP contribution in [0.4, 0.5) is 5.82 Å². The predicted molar refractivity (Wildman–Crippen MR) is 113 cm³/mol. The molecule has 1 aliphatic rings. The molecule has 0 unspecified atom stereocenters. The van der Waals surface area contributed by atoms with Crippen molar-refractivity contribution < 1.29 is 9.47 Å². The van der Waals surface area contributed by atoms with Crippen molar-refractivity contribution in [2.45, 2.75) is 19.6 Å². The molecule has 0 spiro atoms. The number of hydrogen-bond acceptors (Lipinski definition) is 5. The van der Waals surface area contributed by atoms with Crippen LogP contribution in [0.3, 0.4) is 0 Å². The Kier molecular flexibility index (Phi) is 4.62. The number of rotatable bonds is 5. The Morgan fingerprint density at radius 2 is 1.90 bits per heavy atom. The molecule has 5 rings (SSSR count). The van der Waals surface area contributed by atoms with Gasteiger partial charge in [0.05, 0.1) is 31.5 Å². The maximum Gasteiger partial charge on any atom is 0.239 e. The Morgan fingerprint density at radius 3 is 2.76 bits per heavy atom. The molecule has 1 N–H and O–H groups in total. The van der Waals surface area contributed by atoms with E-state index in [2.05, 4.69) is 29.6 Å². The molecule has 29 heavy (non-hydrogen) atoms. The lowest BCUT2D eigenvalue weighted by molar-refractivity contribution is 0.109. The molecule has 1 aliphatic heterocycles. The van der Waals surface area contributed by atoms with Crippen molar-refractivity contribution in [3.8, 4) is 11.8 Å². The van der Waals surface area contributed by atoms with Crippen LogP contribution in [0.25, 0.3) is 16.9 Å². The summed E-state index contributed by atoms with van der Waals surface area (Å²) in [7, 11) is 1.67. The van der Waals surface area contributed by atoms with Gasteiger partial charge in [-0.15, -0.1) is 0 Å². The molecule has 0 bridgehead atoms. The van der Waals surface area contributed by atoms with Crippen molar-refractivity contribution in [2.75, 3.05) is 19.0 Å². The molecule has 0 radical (unpaired) electrons. The summed E-state index contributed by atoms with van der Waals surface area (Å²) in [5.41, 5.74) is 4.27. The lowest BCUT2D eigenvalue weighted by atomic mass is 10.1. The standard InChI is InChI=1S/C23H22N4O2/c1-28-21-13-17-9-5-6-10-20(17)27(21)23-25-19-11-12-29-15-18(19)22(26-23)24-14-16-7-3-2-4-8-16/h2-10,13H,11-12,14-15H2,1H3,(H,24,25,26). The van der Waals surface area contributed by atoms with Crippen LogP contribution in [0.15, 0.2) is 60.7 Å². The van der Waals surface area contributed by atoms with Crippen molar-refractivity contribution in [1.29, 1.82) is 0 Å². The summed E-state index contributed by atoms with van der Waals surface area (Å²) < 4.78 is 13.3. The zero-order chi connectivity index (χ0) is 19.6. The molecule has 4 aromatic rings. The van der Waals surface area contributed by atoms with E-state index in [9.17, 15) is 0 Å². The molecule has 0 amide bonds. The van der Waals surface area contributed by atoms with Gasteiger partial charge in [-0.25, -0.2) is 9.55 Å². The third-order valence-electron chi connectivity index (χ3n) is 5.20. The second-order valence-corrected chi connectivity index (χ2v) is 7.02. The molecule has 6 nitrogen and oxygen atoms in total. The fraction of sp³-hybridized carbons (Fsp3) is 0.217. The SMILES string of the molecule is COc1cc2ccccc2n1-c1nc2c(c(NCc3ccccc3)n1)COCC2. The molecule has 6 heteroatoms. The van der Waals surface area contributed by atoms with Gasteiger partial charge in [-0.1, -0.05) is 48.5 Å². The average molecular weight is 386 g/mol. The summed E-state index contributed by atoms with van der Waals surface area (Å²) >= 11 is 0. The summed E-state index contributed by atoms with van der Waals surface area (Å²) in [6.45, 7) is 1.88. The molecule has 0 saturated heterocycles. The highest BCUT2D eigenvalue weighted by molar-refractivity contribution is 5.84. The van der Waals surface area contributed by atoms with E-state index in [1.807, 2.05) is 41.0 Å². The summed E-state index contributed by atoms with van der Waals surface area (Å²) in [4.78, 5) is 9.77. The van der Waals surface area contributed by atoms with Gasteiger partial charge in [-0.3, -0.25) is 0 Å². The van der Waals surface area contributed by atoms with Gasteiger partial charge in [0.1, 0.15) is 5.82 Å². The van der Waals surface area contributed by atoms with Crippen molar-refractivity contribution in [3.05, 3.63) is 77.5 Å². The molecule has 0 saturated carbocycles. The first-order valence-electron chi connectivity index (χ1n) is 9.73. The van der Waals surface area contributed by atoms with E-state index in [-0.39, 0.29) is 0 Å². The van der Waals surface area contributed by atoms with Gasteiger partial charge in [0.2, 0.25) is 11.8 Å². The fourth-order valence-electron chi connectivity index (χ4n) is 3.73. The molecule has 3 heterocycles. The van der Waals surface area contributed by atoms with Gasteiger partial charge in [-0.05, 0) is 11.6 Å². The Bertz CT molecular complexity index is 1150. The van der Waals surface area contributed by atoms with Crippen LogP contribution in [-0.2, 0) is 24.3 Å². The second-order valence-electron chi connectivity index (χ2n) is 7.02. The van der Waals surface area contributed by atoms with Gasteiger partial charge in [0.15, 0.2) is 0 Å². The quantitative estimate of drug-likeness (QED) is 0.559. The van der Waals surface area contributed by atoms with Crippen molar-refractivity contribution in [1.82, 2.24) is 14.5 Å². The Labute approximate surface area is 169 Å². The minimum absolute atomic E-state index is 0.524. The van der Waals surface area contributed by atoms with Crippen molar-refractivity contribution in [3.63, 3.8) is 0 Å². The van der Waals surface area contributed by atoms with Crippen LogP contribution in [0.2, 0.25) is 0 Å². The normalized spacial score (nSPS) is 13.3. The zero-order valence-corrected chi connectivity index (χ0v) is 16.3. The van der Waals surface area contributed by atoms with Crippen LogP contribution >= 0.6 is 0 Å². The maximum atomic E-state index is 5.68. The van der Waals surface area contributed by atoms with E-state index in [1.165, 1.54) is 5.56 Å². The van der Waals surface area contributed by atoms with E-state index in [4.69, 9.17) is 19.4 Å². The third kappa shape index (κ3) is 3.32. The lowest BCUT2D eigenvalue weighted by Gasteiger charge is -2.21. The molecule has 2 aromatic carbocycles. The van der Waals surface area contributed by atoms with Crippen LogP contribution < -0.4 is 10.1 Å². The van der Waals surface area contributed by atoms with Gasteiger partial charge in [0, 0.05) is 30.0 Å². The van der Waals surface area contributed by atoms with Crippen LogP contribution in [0, 0.1) is 0 Å². The van der Waals surface area contributed by atoms with E-state index >= 15 is 0 Å². The minimum Gasteiger partial charge on any atom is -0.482 e. The van der Waals surface area contributed by atoms with Gasteiger partial charge >= 0.3 is 0 Å². The summed E-state index contributed by atoms with van der Waals surface area (Å²) in [5, 5.41) is 4.58. The largest absolute Gasteiger partial charge is 0.482 e. The first-order chi connectivity index (χ1) is 14.3. The van der Waals surface area contributed by atoms with E-state index in [0.717, 1.165) is 34.4 Å². The predicted octanol–water partition coefficient (Wildman–Crippen LogP) is 4.11. The third-order valence-corrected chi connectivity index (χ3v) is 5.20. The van der Waals surface area contributed by atoms with Crippen LogP contribution in [0.5, 0.6) is 5.88 Å². The van der Waals surface area contributed by atoms with Crippen LogP contribution in [-0.4, -0.2) is 28.3 Å². The number of nitrogens with one attached hydrogen (secondary N) is 1. The number of hydrogen-bond donors (Lipinski definition) is 1. The zero-order valence-electron chi connectivity index (χ0n) is 16.3. The highest BCUT2D eigenvalue weighted by Gasteiger charge is 2.21.